The quantitative estimate of drug-likeness (QED) is 0.159. The summed E-state index contributed by atoms with van der Waals surface area (Å²) >= 11 is 0. The number of para-hydroxylation sites is 5. The summed E-state index contributed by atoms with van der Waals surface area (Å²) in [5, 5.41) is 3.76. The first-order valence-electron chi connectivity index (χ1n) is 20.8. The fourth-order valence-electron chi connectivity index (χ4n) is 10.5. The van der Waals surface area contributed by atoms with Crippen molar-refractivity contribution in [1.29, 1.82) is 0 Å². The molecule has 0 bridgehead atoms. The molecule has 3 nitrogen and oxygen atoms in total. The van der Waals surface area contributed by atoms with Gasteiger partial charge in [-0.05, 0) is 99.3 Å². The SMILES string of the molecule is c1ccc(-c2c(-c3ccccc3)n3c4c(cccc24)B2c4ccccc4N(c4ccccc4)c4cc(-c5ccc6c(c5)c5ccccc5n6-c5ccccc5)cc-3c42)cc1. The lowest BCUT2D eigenvalue weighted by Gasteiger charge is -2.40. The molecule has 0 saturated heterocycles. The first-order valence-corrected chi connectivity index (χ1v) is 20.8. The Bertz CT molecular complexity index is 3480. The van der Waals surface area contributed by atoms with Crippen molar-refractivity contribution in [2.24, 2.45) is 0 Å². The van der Waals surface area contributed by atoms with Crippen LogP contribution in [0.15, 0.2) is 218 Å². The first kappa shape index (κ1) is 33.2. The van der Waals surface area contributed by atoms with Gasteiger partial charge in [0.05, 0.1) is 16.7 Å². The van der Waals surface area contributed by atoms with E-state index >= 15 is 0 Å². The van der Waals surface area contributed by atoms with E-state index in [-0.39, 0.29) is 6.71 Å². The van der Waals surface area contributed by atoms with Gasteiger partial charge in [-0.25, -0.2) is 0 Å². The maximum atomic E-state index is 2.61. The van der Waals surface area contributed by atoms with Crippen molar-refractivity contribution in [2.45, 2.75) is 0 Å². The second kappa shape index (κ2) is 12.8. The van der Waals surface area contributed by atoms with Crippen LogP contribution in [-0.2, 0) is 0 Å². The number of hydrogen-bond donors (Lipinski definition) is 0. The Kier molecular flexibility index (Phi) is 7.10. The van der Waals surface area contributed by atoms with Gasteiger partial charge >= 0.3 is 0 Å². The third-order valence-electron chi connectivity index (χ3n) is 12.9. The van der Waals surface area contributed by atoms with Crippen molar-refractivity contribution in [3.05, 3.63) is 218 Å². The summed E-state index contributed by atoms with van der Waals surface area (Å²) in [5.41, 5.74) is 20.9. The van der Waals surface area contributed by atoms with E-state index in [0.29, 0.717) is 0 Å². The highest BCUT2D eigenvalue weighted by molar-refractivity contribution is 7.00. The molecule has 0 fully saturated rings. The third kappa shape index (κ3) is 4.67. The van der Waals surface area contributed by atoms with Crippen LogP contribution in [0.5, 0.6) is 0 Å². The van der Waals surface area contributed by atoms with E-state index in [0.717, 1.165) is 11.4 Å². The van der Waals surface area contributed by atoms with Crippen LogP contribution in [0.3, 0.4) is 0 Å². The third-order valence-corrected chi connectivity index (χ3v) is 12.9. The summed E-state index contributed by atoms with van der Waals surface area (Å²) in [4.78, 5) is 2.50. The minimum absolute atomic E-state index is 0.0462. The highest BCUT2D eigenvalue weighted by Crippen LogP contribution is 2.47. The highest BCUT2D eigenvalue weighted by atomic mass is 15.2. The topological polar surface area (TPSA) is 13.1 Å². The van der Waals surface area contributed by atoms with Gasteiger partial charge in [0.1, 0.15) is 0 Å². The monoisotopic (exact) mass is 761 g/mol. The molecule has 4 heteroatoms. The lowest BCUT2D eigenvalue weighted by Crippen LogP contribution is -2.60. The van der Waals surface area contributed by atoms with Crippen molar-refractivity contribution in [2.75, 3.05) is 4.90 Å². The summed E-state index contributed by atoms with van der Waals surface area (Å²) < 4.78 is 5.01. The summed E-state index contributed by atoms with van der Waals surface area (Å²) in [6.07, 6.45) is 0. The molecule has 13 rings (SSSR count). The normalized spacial score (nSPS) is 12.6. The van der Waals surface area contributed by atoms with E-state index in [9.17, 15) is 0 Å². The Morgan fingerprint density at radius 2 is 0.933 bits per heavy atom. The molecule has 0 radical (unpaired) electrons. The lowest BCUT2D eigenvalue weighted by atomic mass is 9.33. The smallest absolute Gasteiger partial charge is 0.252 e. The fourth-order valence-corrected chi connectivity index (χ4v) is 10.5. The maximum Gasteiger partial charge on any atom is 0.252 e. The molecule has 0 spiro atoms. The van der Waals surface area contributed by atoms with E-state index in [1.807, 2.05) is 0 Å². The molecule has 11 aromatic rings. The van der Waals surface area contributed by atoms with Crippen LogP contribution in [0.1, 0.15) is 0 Å². The molecule has 0 amide bonds. The molecule has 0 atom stereocenters. The van der Waals surface area contributed by atoms with Crippen LogP contribution in [0.2, 0.25) is 0 Å². The Morgan fingerprint density at radius 1 is 0.333 bits per heavy atom. The van der Waals surface area contributed by atoms with Gasteiger partial charge in [0.15, 0.2) is 0 Å². The van der Waals surface area contributed by atoms with Crippen LogP contribution < -0.4 is 21.3 Å². The maximum absolute atomic E-state index is 2.61. The lowest BCUT2D eigenvalue weighted by molar-refractivity contribution is 1.14. The molecular formula is C56H36BN3. The summed E-state index contributed by atoms with van der Waals surface area (Å²) in [5.74, 6) is 0. The predicted molar refractivity (Wildman–Crippen MR) is 253 cm³/mol. The van der Waals surface area contributed by atoms with Gasteiger partial charge in [0.2, 0.25) is 0 Å². The second-order valence-electron chi connectivity index (χ2n) is 16.0. The highest BCUT2D eigenvalue weighted by Gasteiger charge is 2.43. The van der Waals surface area contributed by atoms with Crippen LogP contribution in [-0.4, -0.2) is 15.8 Å². The molecule has 0 unspecified atom stereocenters. The van der Waals surface area contributed by atoms with Crippen molar-refractivity contribution < 1.29 is 0 Å². The molecule has 0 N–H and O–H groups in total. The van der Waals surface area contributed by atoms with Crippen molar-refractivity contribution in [3.63, 3.8) is 0 Å². The predicted octanol–water partition coefficient (Wildman–Crippen LogP) is 12.3. The van der Waals surface area contributed by atoms with Gasteiger partial charge in [0, 0.05) is 55.7 Å². The molecule has 0 saturated carbocycles. The van der Waals surface area contributed by atoms with Gasteiger partial charge in [-0.3, -0.25) is 0 Å². The van der Waals surface area contributed by atoms with Crippen LogP contribution in [0.25, 0.3) is 77.6 Å². The van der Waals surface area contributed by atoms with Crippen LogP contribution in [0, 0.1) is 0 Å². The van der Waals surface area contributed by atoms with Crippen LogP contribution >= 0.6 is 0 Å². The molecule has 278 valence electrons. The molecule has 9 aromatic carbocycles. The Hall–Kier alpha value is -7.82. The minimum atomic E-state index is 0.0462. The van der Waals surface area contributed by atoms with Crippen LogP contribution in [0.4, 0.5) is 17.1 Å². The minimum Gasteiger partial charge on any atom is -0.311 e. The number of aromatic nitrogens is 2. The number of hydrogen-bond acceptors (Lipinski definition) is 1. The number of rotatable bonds is 5. The Balaban J connectivity index is 1.17. The molecular weight excluding hydrogens is 725 g/mol. The Morgan fingerprint density at radius 3 is 1.72 bits per heavy atom. The average Bonchev–Trinajstić information content (AvgIpc) is 3.85. The first-order chi connectivity index (χ1) is 29.8. The van der Waals surface area contributed by atoms with Gasteiger partial charge in [-0.15, -0.1) is 0 Å². The van der Waals surface area contributed by atoms with E-state index in [1.165, 1.54) is 99.7 Å². The molecule has 60 heavy (non-hydrogen) atoms. The molecule has 2 aliphatic rings. The molecule has 0 aliphatic carbocycles. The Labute approximate surface area is 348 Å². The summed E-state index contributed by atoms with van der Waals surface area (Å²) in [6, 6.07) is 80.5. The molecule has 2 aliphatic heterocycles. The van der Waals surface area contributed by atoms with Gasteiger partial charge in [-0.2, -0.15) is 0 Å². The van der Waals surface area contributed by atoms with E-state index in [4.69, 9.17) is 0 Å². The summed E-state index contributed by atoms with van der Waals surface area (Å²) in [6.45, 7) is 0.0462. The average molecular weight is 762 g/mol. The van der Waals surface area contributed by atoms with E-state index in [2.05, 4.69) is 232 Å². The zero-order chi connectivity index (χ0) is 39.3. The fraction of sp³-hybridized carbons (Fsp3) is 0. The van der Waals surface area contributed by atoms with E-state index < -0.39 is 0 Å². The van der Waals surface area contributed by atoms with Gasteiger partial charge in [-0.1, -0.05) is 158 Å². The van der Waals surface area contributed by atoms with Gasteiger partial charge < -0.3 is 14.0 Å². The molecule has 4 heterocycles. The largest absolute Gasteiger partial charge is 0.311 e. The van der Waals surface area contributed by atoms with Gasteiger partial charge in [0.25, 0.3) is 6.71 Å². The molecule has 2 aromatic heterocycles. The second-order valence-corrected chi connectivity index (χ2v) is 16.0. The van der Waals surface area contributed by atoms with Crippen molar-refractivity contribution in [1.82, 2.24) is 9.13 Å². The zero-order valence-electron chi connectivity index (χ0n) is 32.7. The number of fused-ring (bicyclic) bond motifs is 7. The van der Waals surface area contributed by atoms with E-state index in [1.54, 1.807) is 0 Å². The number of benzene rings is 9. The summed E-state index contributed by atoms with van der Waals surface area (Å²) in [7, 11) is 0. The number of nitrogens with zero attached hydrogens (tertiary/aromatic N) is 3. The van der Waals surface area contributed by atoms with Crippen molar-refractivity contribution in [3.8, 4) is 44.9 Å². The standard InChI is InChI=1S/C56H36BN3/c1-5-18-37(19-6-1)53-44-27-17-29-47-56(44)60(55(53)38-20-7-2-8-21-38)52-36-40(35-51-54(52)57(47)46-28-14-16-31-50(46)59(51)42-24-11-4-12-25-42)39-32-33-49-45(34-39)43-26-13-15-30-48(43)58(49)41-22-9-3-10-23-41/h1-36H. The zero-order valence-corrected chi connectivity index (χ0v) is 32.7. The van der Waals surface area contributed by atoms with Crippen molar-refractivity contribution >= 4 is 72.9 Å². The number of anilines is 3.